The van der Waals surface area contributed by atoms with Crippen LogP contribution >= 0.6 is 0 Å². The average molecular weight is 262 g/mol. The molecule has 2 rings (SSSR count). The molecule has 0 spiro atoms. The first-order chi connectivity index (χ1) is 9.15. The van der Waals surface area contributed by atoms with E-state index in [-0.39, 0.29) is 12.0 Å². The Morgan fingerprint density at radius 3 is 2.74 bits per heavy atom. The maximum atomic E-state index is 11.9. The third-order valence-electron chi connectivity index (χ3n) is 3.30. The van der Waals surface area contributed by atoms with Gasteiger partial charge in [-0.1, -0.05) is 19.9 Å². The molecular formula is C15H22N2O2. The minimum absolute atomic E-state index is 0.179. The van der Waals surface area contributed by atoms with E-state index in [1.807, 2.05) is 23.1 Å². The predicted octanol–water partition coefficient (Wildman–Crippen LogP) is 2.50. The molecule has 2 heterocycles. The first-order valence-corrected chi connectivity index (χ1v) is 7.00. The largest absolute Gasteiger partial charge is 0.474 e. The lowest BCUT2D eigenvalue weighted by molar-refractivity contribution is -0.133. The fourth-order valence-electron chi connectivity index (χ4n) is 2.29. The molecule has 104 valence electrons. The molecule has 0 radical (unpaired) electrons. The number of nitrogens with zero attached hydrogens (tertiary/aromatic N) is 2. The highest BCUT2D eigenvalue weighted by Crippen LogP contribution is 2.18. The number of hydrogen-bond acceptors (Lipinski definition) is 3. The molecule has 0 N–H and O–H groups in total. The lowest BCUT2D eigenvalue weighted by Crippen LogP contribution is -2.42. The van der Waals surface area contributed by atoms with E-state index in [2.05, 4.69) is 18.8 Å². The van der Waals surface area contributed by atoms with Crippen molar-refractivity contribution >= 4 is 5.91 Å². The maximum absolute atomic E-state index is 11.9. The molecule has 4 nitrogen and oxygen atoms in total. The summed E-state index contributed by atoms with van der Waals surface area (Å²) in [5.41, 5.74) is 0. The van der Waals surface area contributed by atoms with E-state index in [9.17, 15) is 4.79 Å². The number of pyridine rings is 1. The van der Waals surface area contributed by atoms with Crippen molar-refractivity contribution in [3.8, 4) is 5.88 Å². The molecule has 1 saturated heterocycles. The number of hydrogen-bond donors (Lipinski definition) is 0. The van der Waals surface area contributed by atoms with E-state index in [4.69, 9.17) is 4.74 Å². The van der Waals surface area contributed by atoms with Crippen molar-refractivity contribution in [1.29, 1.82) is 0 Å². The minimum atomic E-state index is 0.179. The molecule has 0 aromatic carbocycles. The van der Waals surface area contributed by atoms with Gasteiger partial charge in [0.05, 0.1) is 0 Å². The number of piperidine rings is 1. The summed E-state index contributed by atoms with van der Waals surface area (Å²) >= 11 is 0. The number of likely N-dealkylation sites (tertiary alicyclic amines) is 1. The van der Waals surface area contributed by atoms with Crippen molar-refractivity contribution < 1.29 is 9.53 Å². The van der Waals surface area contributed by atoms with E-state index in [0.717, 1.165) is 25.9 Å². The van der Waals surface area contributed by atoms with Crippen molar-refractivity contribution in [2.45, 2.75) is 39.2 Å². The molecule has 4 heteroatoms. The Morgan fingerprint density at radius 2 is 2.16 bits per heavy atom. The molecule has 1 aromatic rings. The van der Waals surface area contributed by atoms with Gasteiger partial charge in [0.15, 0.2) is 0 Å². The molecule has 0 saturated carbocycles. The second-order valence-corrected chi connectivity index (χ2v) is 5.46. The molecule has 1 fully saturated rings. The highest BCUT2D eigenvalue weighted by molar-refractivity contribution is 5.76. The number of rotatable bonds is 4. The molecule has 1 aliphatic heterocycles. The highest BCUT2D eigenvalue weighted by Gasteiger charge is 2.24. The molecule has 0 unspecified atom stereocenters. The van der Waals surface area contributed by atoms with Crippen LogP contribution < -0.4 is 4.74 Å². The van der Waals surface area contributed by atoms with Crippen molar-refractivity contribution in [2.75, 3.05) is 13.1 Å². The summed E-state index contributed by atoms with van der Waals surface area (Å²) in [4.78, 5) is 18.1. The Morgan fingerprint density at radius 1 is 1.42 bits per heavy atom. The molecule has 19 heavy (non-hydrogen) atoms. The van der Waals surface area contributed by atoms with Crippen molar-refractivity contribution in [3.63, 3.8) is 0 Å². The average Bonchev–Trinajstić information content (AvgIpc) is 2.40. The minimum Gasteiger partial charge on any atom is -0.474 e. The first kappa shape index (κ1) is 13.8. The number of amides is 1. The Kier molecular flexibility index (Phi) is 4.77. The molecule has 1 aromatic heterocycles. The van der Waals surface area contributed by atoms with Crippen molar-refractivity contribution in [1.82, 2.24) is 9.88 Å². The summed E-state index contributed by atoms with van der Waals surface area (Å²) in [5.74, 6) is 1.37. The highest BCUT2D eigenvalue weighted by atomic mass is 16.5. The third kappa shape index (κ3) is 4.23. The molecule has 0 bridgehead atoms. The summed E-state index contributed by atoms with van der Waals surface area (Å²) in [6.07, 6.45) is 4.33. The van der Waals surface area contributed by atoms with Crippen molar-refractivity contribution in [3.05, 3.63) is 24.4 Å². The fraction of sp³-hybridized carbons (Fsp3) is 0.600. The van der Waals surface area contributed by atoms with Crippen LogP contribution in [0.3, 0.4) is 0 Å². The van der Waals surface area contributed by atoms with Crippen LogP contribution in [0.15, 0.2) is 24.4 Å². The quantitative estimate of drug-likeness (QED) is 0.837. The summed E-state index contributed by atoms with van der Waals surface area (Å²) < 4.78 is 5.82. The van der Waals surface area contributed by atoms with Crippen LogP contribution in [0.25, 0.3) is 0 Å². The van der Waals surface area contributed by atoms with Gasteiger partial charge in [0.25, 0.3) is 0 Å². The van der Waals surface area contributed by atoms with Crippen LogP contribution in [0, 0.1) is 5.92 Å². The van der Waals surface area contributed by atoms with Gasteiger partial charge in [0.2, 0.25) is 11.8 Å². The SMILES string of the molecule is CC(C)CC(=O)N1CCC(Oc2ccccn2)CC1. The van der Waals surface area contributed by atoms with Gasteiger partial charge in [-0.15, -0.1) is 0 Å². The Hall–Kier alpha value is -1.58. The van der Waals surface area contributed by atoms with E-state index in [0.29, 0.717) is 18.2 Å². The number of ether oxygens (including phenoxy) is 1. The van der Waals surface area contributed by atoms with Crippen LogP contribution in [0.5, 0.6) is 5.88 Å². The standard InChI is InChI=1S/C15H22N2O2/c1-12(2)11-15(18)17-9-6-13(7-10-17)19-14-5-3-4-8-16-14/h3-5,8,12-13H,6-7,9-11H2,1-2H3. The van der Waals surface area contributed by atoms with Gasteiger partial charge in [-0.2, -0.15) is 0 Å². The van der Waals surface area contributed by atoms with E-state index in [1.54, 1.807) is 6.20 Å². The zero-order chi connectivity index (χ0) is 13.7. The molecule has 1 aliphatic rings. The van der Waals surface area contributed by atoms with Crippen LogP contribution in [0.4, 0.5) is 0 Å². The first-order valence-electron chi connectivity index (χ1n) is 7.00. The zero-order valence-electron chi connectivity index (χ0n) is 11.7. The summed E-state index contributed by atoms with van der Waals surface area (Å²) in [7, 11) is 0. The van der Waals surface area contributed by atoms with Crippen LogP contribution in [0.1, 0.15) is 33.1 Å². The Labute approximate surface area is 114 Å². The van der Waals surface area contributed by atoms with Gasteiger partial charge in [-0.25, -0.2) is 4.98 Å². The van der Waals surface area contributed by atoms with Crippen LogP contribution in [-0.4, -0.2) is 35.0 Å². The van der Waals surface area contributed by atoms with Gasteiger partial charge in [0.1, 0.15) is 6.10 Å². The van der Waals surface area contributed by atoms with Gasteiger partial charge < -0.3 is 9.64 Å². The Balaban J connectivity index is 1.78. The van der Waals surface area contributed by atoms with Gasteiger partial charge in [-0.05, 0) is 12.0 Å². The fourth-order valence-corrected chi connectivity index (χ4v) is 2.29. The van der Waals surface area contributed by atoms with Gasteiger partial charge >= 0.3 is 0 Å². The summed E-state index contributed by atoms with van der Waals surface area (Å²) in [6, 6.07) is 5.67. The van der Waals surface area contributed by atoms with Crippen LogP contribution in [0.2, 0.25) is 0 Å². The summed E-state index contributed by atoms with van der Waals surface area (Å²) in [5, 5.41) is 0. The molecule has 0 aliphatic carbocycles. The lowest BCUT2D eigenvalue weighted by atomic mass is 10.1. The monoisotopic (exact) mass is 262 g/mol. The van der Waals surface area contributed by atoms with E-state index in [1.165, 1.54) is 0 Å². The molecule has 0 atom stereocenters. The van der Waals surface area contributed by atoms with E-state index >= 15 is 0 Å². The predicted molar refractivity (Wildman–Crippen MR) is 73.9 cm³/mol. The van der Waals surface area contributed by atoms with Crippen LogP contribution in [-0.2, 0) is 4.79 Å². The second-order valence-electron chi connectivity index (χ2n) is 5.46. The van der Waals surface area contributed by atoms with Crippen molar-refractivity contribution in [2.24, 2.45) is 5.92 Å². The lowest BCUT2D eigenvalue weighted by Gasteiger charge is -2.32. The number of carbonyl (C=O) groups is 1. The number of aromatic nitrogens is 1. The topological polar surface area (TPSA) is 42.4 Å². The summed E-state index contributed by atoms with van der Waals surface area (Å²) in [6.45, 7) is 5.75. The Bertz CT molecular complexity index is 398. The second kappa shape index (κ2) is 6.55. The number of carbonyl (C=O) groups excluding carboxylic acids is 1. The van der Waals surface area contributed by atoms with Gasteiger partial charge in [-0.3, -0.25) is 4.79 Å². The smallest absolute Gasteiger partial charge is 0.222 e. The molecular weight excluding hydrogens is 240 g/mol. The zero-order valence-corrected chi connectivity index (χ0v) is 11.7. The van der Waals surface area contributed by atoms with Gasteiger partial charge in [0, 0.05) is 44.6 Å². The maximum Gasteiger partial charge on any atom is 0.222 e. The van der Waals surface area contributed by atoms with E-state index < -0.39 is 0 Å². The molecule has 1 amide bonds. The normalized spacial score (nSPS) is 16.7. The third-order valence-corrected chi connectivity index (χ3v) is 3.30.